The molecule has 10 aromatic rings. The first-order valence-electron chi connectivity index (χ1n) is 20.7. The van der Waals surface area contributed by atoms with E-state index in [0.717, 1.165) is 83.8 Å². The van der Waals surface area contributed by atoms with Crippen LogP contribution in [0.1, 0.15) is 51.3 Å². The molecule has 0 amide bonds. The number of ether oxygens (including phenoxy) is 1. The normalized spacial score (nSPS) is 13.2. The van der Waals surface area contributed by atoms with Gasteiger partial charge in [-0.3, -0.25) is 4.90 Å². The molecule has 6 aromatic carbocycles. The Morgan fingerprint density at radius 3 is 2.26 bits per heavy atom. The van der Waals surface area contributed by atoms with E-state index in [1.54, 1.807) is 0 Å². The SMILES string of the molecule is CC(C)(C)c1ccc(-n2c3[c-]c(Oc4[c-]c(-c5nccc6oc7c(c56)C(C)(C)c5ccccc5N7c5cccc(-c6ccccc6)c5)ccc4)ccc3c3ccccc32)nc1.[Pt+2]. The van der Waals surface area contributed by atoms with Crippen LogP contribution in [0.3, 0.4) is 0 Å². The number of para-hydroxylation sites is 2. The summed E-state index contributed by atoms with van der Waals surface area (Å²) < 4.78 is 15.7. The van der Waals surface area contributed by atoms with Crippen LogP contribution in [0, 0.1) is 12.1 Å². The van der Waals surface area contributed by atoms with Crippen molar-refractivity contribution < 1.29 is 30.2 Å². The fourth-order valence-electron chi connectivity index (χ4n) is 9.02. The van der Waals surface area contributed by atoms with Crippen molar-refractivity contribution in [2.24, 2.45) is 0 Å². The monoisotopic (exact) mass is 985 g/mol. The second kappa shape index (κ2) is 15.0. The quantitative estimate of drug-likeness (QED) is 0.155. The van der Waals surface area contributed by atoms with Crippen molar-refractivity contribution in [1.29, 1.82) is 0 Å². The molecule has 62 heavy (non-hydrogen) atoms. The number of furan rings is 1. The van der Waals surface area contributed by atoms with Gasteiger partial charge in [-0.15, -0.1) is 41.3 Å². The van der Waals surface area contributed by atoms with Gasteiger partial charge in [-0.05, 0) is 75.1 Å². The van der Waals surface area contributed by atoms with E-state index in [4.69, 9.17) is 19.1 Å². The first-order chi connectivity index (χ1) is 29.6. The van der Waals surface area contributed by atoms with Crippen LogP contribution in [0.15, 0.2) is 168 Å². The topological polar surface area (TPSA) is 56.3 Å². The largest absolute Gasteiger partial charge is 2.00 e. The van der Waals surface area contributed by atoms with E-state index in [1.165, 1.54) is 11.1 Å². The van der Waals surface area contributed by atoms with Crippen LogP contribution in [-0.2, 0) is 31.9 Å². The van der Waals surface area contributed by atoms with Crippen molar-refractivity contribution in [1.82, 2.24) is 14.5 Å². The van der Waals surface area contributed by atoms with E-state index in [-0.39, 0.29) is 26.5 Å². The molecular weight excluding hydrogens is 944 g/mol. The molecule has 5 heterocycles. The molecule has 0 saturated heterocycles. The Bertz CT molecular complexity index is 3300. The summed E-state index contributed by atoms with van der Waals surface area (Å²) in [6.07, 6.45) is 3.79. The zero-order valence-electron chi connectivity index (χ0n) is 35.0. The summed E-state index contributed by atoms with van der Waals surface area (Å²) in [5, 5.41) is 3.16. The average molecular weight is 986 g/mol. The summed E-state index contributed by atoms with van der Waals surface area (Å²) in [5.41, 5.74) is 11.7. The van der Waals surface area contributed by atoms with Crippen LogP contribution in [0.4, 0.5) is 17.3 Å². The van der Waals surface area contributed by atoms with Crippen LogP contribution in [-0.4, -0.2) is 14.5 Å². The Hall–Kier alpha value is -6.75. The van der Waals surface area contributed by atoms with Crippen LogP contribution in [0.2, 0.25) is 0 Å². The number of aromatic nitrogens is 3. The van der Waals surface area contributed by atoms with Gasteiger partial charge in [0, 0.05) is 51.5 Å². The second-order valence-electron chi connectivity index (χ2n) is 17.3. The minimum absolute atomic E-state index is 0. The number of hydrogen-bond donors (Lipinski definition) is 0. The van der Waals surface area contributed by atoms with E-state index in [2.05, 4.69) is 171 Å². The Morgan fingerprint density at radius 1 is 0.677 bits per heavy atom. The van der Waals surface area contributed by atoms with Crippen LogP contribution in [0.5, 0.6) is 11.5 Å². The molecule has 0 spiro atoms. The van der Waals surface area contributed by atoms with Gasteiger partial charge in [-0.2, -0.15) is 6.07 Å². The van der Waals surface area contributed by atoms with Crippen molar-refractivity contribution in [2.45, 2.75) is 45.4 Å². The molecule has 0 unspecified atom stereocenters. The number of pyridine rings is 2. The van der Waals surface area contributed by atoms with E-state index in [9.17, 15) is 0 Å². The van der Waals surface area contributed by atoms with Gasteiger partial charge in [0.1, 0.15) is 11.4 Å². The average Bonchev–Trinajstić information content (AvgIpc) is 3.83. The molecule has 11 rings (SSSR count). The predicted molar refractivity (Wildman–Crippen MR) is 247 cm³/mol. The number of nitrogens with zero attached hydrogens (tertiary/aromatic N) is 4. The van der Waals surface area contributed by atoms with Gasteiger partial charge in [-0.1, -0.05) is 131 Å². The summed E-state index contributed by atoms with van der Waals surface area (Å²) in [5.74, 6) is 2.75. The van der Waals surface area contributed by atoms with E-state index in [0.29, 0.717) is 11.5 Å². The van der Waals surface area contributed by atoms with Gasteiger partial charge in [0.05, 0.1) is 5.69 Å². The third-order valence-corrected chi connectivity index (χ3v) is 12.1. The van der Waals surface area contributed by atoms with E-state index in [1.807, 2.05) is 48.8 Å². The summed E-state index contributed by atoms with van der Waals surface area (Å²) in [4.78, 5) is 12.2. The third-order valence-electron chi connectivity index (χ3n) is 12.1. The van der Waals surface area contributed by atoms with Crippen molar-refractivity contribution in [2.75, 3.05) is 4.90 Å². The molecule has 0 bridgehead atoms. The maximum Gasteiger partial charge on any atom is 2.00 e. The summed E-state index contributed by atoms with van der Waals surface area (Å²) in [6.45, 7) is 11.2. The number of fused-ring (bicyclic) bond motifs is 7. The Morgan fingerprint density at radius 2 is 1.44 bits per heavy atom. The molecule has 0 atom stereocenters. The van der Waals surface area contributed by atoms with Crippen LogP contribution < -0.4 is 9.64 Å². The number of benzene rings is 6. The molecule has 304 valence electrons. The molecule has 0 N–H and O–H groups in total. The standard InChI is InChI=1S/C55H42N4O2.Pt/c1-54(2,3)38-25-28-49(57-34-38)59-45-23-11-9-21-42(45)43-27-26-41(33-47(43)59)60-40-20-14-18-37(32-40)52-50-48(29-30-56-52)61-53-51(50)55(4,5)44-22-10-12-24-46(44)58(53)39-19-13-17-36(31-39)35-15-7-6-8-16-35;/h6-31,34H,1-5H3;/q-2;+2. The number of hydrogen-bond acceptors (Lipinski definition) is 5. The van der Waals surface area contributed by atoms with Gasteiger partial charge in [0.15, 0.2) is 0 Å². The predicted octanol–water partition coefficient (Wildman–Crippen LogP) is 14.5. The minimum atomic E-state index is -0.415. The molecule has 1 aliphatic heterocycles. The maximum atomic E-state index is 6.95. The van der Waals surface area contributed by atoms with Crippen molar-refractivity contribution in [3.63, 3.8) is 0 Å². The molecule has 4 aromatic heterocycles. The molecule has 1 aliphatic rings. The third kappa shape index (κ3) is 6.44. The smallest absolute Gasteiger partial charge is 0.503 e. The summed E-state index contributed by atoms with van der Waals surface area (Å²) >= 11 is 0. The Labute approximate surface area is 375 Å². The van der Waals surface area contributed by atoms with Crippen LogP contribution in [0.25, 0.3) is 61.0 Å². The zero-order valence-corrected chi connectivity index (χ0v) is 37.3. The van der Waals surface area contributed by atoms with E-state index < -0.39 is 5.41 Å². The fourth-order valence-corrected chi connectivity index (χ4v) is 9.02. The molecule has 7 heteroatoms. The molecule has 0 aliphatic carbocycles. The first kappa shape index (κ1) is 39.4. The second-order valence-corrected chi connectivity index (χ2v) is 17.3. The molecule has 6 nitrogen and oxygen atoms in total. The van der Waals surface area contributed by atoms with Crippen LogP contribution >= 0.6 is 0 Å². The molecular formula is C55H42N4O2Pt. The van der Waals surface area contributed by atoms with Gasteiger partial charge in [0.2, 0.25) is 5.88 Å². The number of rotatable bonds is 6. The van der Waals surface area contributed by atoms with Crippen molar-refractivity contribution in [3.8, 4) is 39.7 Å². The Kier molecular flexibility index (Phi) is 9.53. The Balaban J connectivity index is 0.00000458. The maximum absolute atomic E-state index is 6.95. The first-order valence-corrected chi connectivity index (χ1v) is 20.7. The summed E-state index contributed by atoms with van der Waals surface area (Å²) in [7, 11) is 0. The van der Waals surface area contributed by atoms with Gasteiger partial charge < -0.3 is 18.7 Å². The minimum Gasteiger partial charge on any atom is -0.503 e. The number of anilines is 3. The van der Waals surface area contributed by atoms with Gasteiger partial charge >= 0.3 is 21.1 Å². The van der Waals surface area contributed by atoms with E-state index >= 15 is 0 Å². The molecule has 0 radical (unpaired) electrons. The zero-order chi connectivity index (χ0) is 41.5. The van der Waals surface area contributed by atoms with Gasteiger partial charge in [-0.25, -0.2) is 4.98 Å². The fraction of sp³-hybridized carbons (Fsp3) is 0.127. The molecule has 0 saturated carbocycles. The summed E-state index contributed by atoms with van der Waals surface area (Å²) in [6, 6.07) is 59.6. The van der Waals surface area contributed by atoms with Crippen molar-refractivity contribution >= 4 is 50.0 Å². The van der Waals surface area contributed by atoms with Crippen molar-refractivity contribution in [3.05, 3.63) is 193 Å². The van der Waals surface area contributed by atoms with Gasteiger partial charge in [0.25, 0.3) is 0 Å². The molecule has 0 fully saturated rings.